The van der Waals surface area contributed by atoms with E-state index < -0.39 is 31.8 Å². The maximum Gasteiger partial charge on any atom is 0.268 e. The number of alkyl halides is 3. The van der Waals surface area contributed by atoms with E-state index in [-0.39, 0.29) is 21.3 Å². The van der Waals surface area contributed by atoms with Gasteiger partial charge in [0.2, 0.25) is 3.79 Å². The third-order valence-electron chi connectivity index (χ3n) is 5.03. The van der Waals surface area contributed by atoms with Gasteiger partial charge in [-0.25, -0.2) is 8.42 Å². The fourth-order valence-corrected chi connectivity index (χ4v) is 4.71. The highest BCUT2D eigenvalue weighted by Gasteiger charge is 2.35. The van der Waals surface area contributed by atoms with Gasteiger partial charge in [0, 0.05) is 10.0 Å². The van der Waals surface area contributed by atoms with Crippen molar-refractivity contribution in [2.24, 2.45) is 0 Å². The van der Waals surface area contributed by atoms with Crippen LogP contribution >= 0.6 is 63.0 Å². The van der Waals surface area contributed by atoms with E-state index in [0.717, 1.165) is 10.0 Å². The molecule has 0 fully saturated rings. The van der Waals surface area contributed by atoms with Crippen molar-refractivity contribution in [3.05, 3.63) is 94.0 Å². The third-order valence-corrected chi connectivity index (χ3v) is 7.70. The molecule has 1 atom stereocenters. The van der Waals surface area contributed by atoms with Gasteiger partial charge in [-0.3, -0.25) is 15.0 Å². The number of anilines is 1. The number of rotatable bonds is 8. The van der Waals surface area contributed by atoms with Gasteiger partial charge in [0.1, 0.15) is 6.17 Å². The Morgan fingerprint density at radius 1 is 0.897 bits per heavy atom. The standard InChI is InChI=1S/C24H21BrCl3N5O4S2/c1-14-6-12-17(13-7-14)39(36,37)33-32-21(35)18-4-2-3-5-19(18)29-23(38)31-22(24(26,27)28)30-20(34)15-8-10-16(25)11-9-15/h2-13,22,33H,1H3,(H,30,34)(H,32,35)(H2,29,31,38). The molecule has 0 aromatic heterocycles. The minimum atomic E-state index is -4.01. The van der Waals surface area contributed by atoms with Gasteiger partial charge in [0.25, 0.3) is 21.8 Å². The largest absolute Gasteiger partial charge is 0.339 e. The van der Waals surface area contributed by atoms with Gasteiger partial charge in [-0.15, -0.1) is 4.83 Å². The monoisotopic (exact) mass is 691 g/mol. The Bertz CT molecular complexity index is 1470. The van der Waals surface area contributed by atoms with Crippen molar-refractivity contribution in [1.82, 2.24) is 20.9 Å². The summed E-state index contributed by atoms with van der Waals surface area (Å²) in [6, 6.07) is 18.8. The van der Waals surface area contributed by atoms with E-state index in [2.05, 4.69) is 42.1 Å². The molecule has 3 aromatic rings. The van der Waals surface area contributed by atoms with E-state index in [9.17, 15) is 18.0 Å². The van der Waals surface area contributed by atoms with Crippen LogP contribution in [0.3, 0.4) is 0 Å². The van der Waals surface area contributed by atoms with Crippen LogP contribution in [0.2, 0.25) is 0 Å². The number of aryl methyl sites for hydroxylation is 1. The molecule has 0 bridgehead atoms. The molecular formula is C24H21BrCl3N5O4S2. The van der Waals surface area contributed by atoms with Crippen LogP contribution in [-0.2, 0) is 10.0 Å². The number of nitrogens with one attached hydrogen (secondary N) is 5. The maximum atomic E-state index is 12.8. The van der Waals surface area contributed by atoms with Crippen LogP contribution in [0, 0.1) is 6.92 Å². The summed E-state index contributed by atoms with van der Waals surface area (Å²) >= 11 is 26.8. The number of benzene rings is 3. The summed E-state index contributed by atoms with van der Waals surface area (Å²) in [5.74, 6) is -1.30. The predicted octanol–water partition coefficient (Wildman–Crippen LogP) is 4.79. The molecule has 0 aliphatic rings. The summed E-state index contributed by atoms with van der Waals surface area (Å²) in [5, 5.41) is 7.97. The molecule has 206 valence electrons. The number of para-hydroxylation sites is 1. The number of thiocarbonyl (C=S) groups is 1. The Labute approximate surface area is 254 Å². The van der Waals surface area contributed by atoms with Crippen molar-refractivity contribution < 1.29 is 18.0 Å². The summed E-state index contributed by atoms with van der Waals surface area (Å²) in [6.45, 7) is 1.82. The third kappa shape index (κ3) is 9.04. The number of amides is 2. The molecule has 0 spiro atoms. The lowest BCUT2D eigenvalue weighted by Crippen LogP contribution is -2.56. The van der Waals surface area contributed by atoms with Crippen LogP contribution < -0.4 is 26.2 Å². The summed E-state index contributed by atoms with van der Waals surface area (Å²) in [4.78, 5) is 27.5. The molecule has 2 amide bonds. The Kier molecular flexibility index (Phi) is 10.6. The Balaban J connectivity index is 1.68. The number of carbonyl (C=O) groups excluding carboxylic acids is 2. The van der Waals surface area contributed by atoms with Crippen molar-refractivity contribution in [2.45, 2.75) is 21.8 Å². The van der Waals surface area contributed by atoms with Crippen LogP contribution in [0.5, 0.6) is 0 Å². The molecule has 39 heavy (non-hydrogen) atoms. The molecule has 0 aliphatic heterocycles. The Hall–Kier alpha value is -2.45. The average Bonchev–Trinajstić information content (AvgIpc) is 2.87. The van der Waals surface area contributed by atoms with E-state index >= 15 is 0 Å². The zero-order chi connectivity index (χ0) is 28.8. The lowest BCUT2D eigenvalue weighted by molar-refractivity contribution is 0.0930. The van der Waals surface area contributed by atoms with E-state index in [1.54, 1.807) is 48.5 Å². The van der Waals surface area contributed by atoms with Gasteiger partial charge in [-0.1, -0.05) is 80.6 Å². The number of carbonyl (C=O) groups is 2. The second-order valence-electron chi connectivity index (χ2n) is 7.97. The first kappa shape index (κ1) is 31.1. The quantitative estimate of drug-likeness (QED) is 0.0994. The van der Waals surface area contributed by atoms with Gasteiger partial charge >= 0.3 is 0 Å². The van der Waals surface area contributed by atoms with Gasteiger partial charge in [-0.2, -0.15) is 0 Å². The van der Waals surface area contributed by atoms with Crippen LogP contribution in [-0.4, -0.2) is 35.3 Å². The van der Waals surface area contributed by atoms with E-state index in [1.807, 2.05) is 6.92 Å². The molecule has 9 nitrogen and oxygen atoms in total. The lowest BCUT2D eigenvalue weighted by Gasteiger charge is -2.28. The number of halogens is 4. The zero-order valence-electron chi connectivity index (χ0n) is 20.0. The molecule has 15 heteroatoms. The zero-order valence-corrected chi connectivity index (χ0v) is 25.5. The van der Waals surface area contributed by atoms with E-state index in [4.69, 9.17) is 47.0 Å². The highest BCUT2D eigenvalue weighted by molar-refractivity contribution is 9.10. The van der Waals surface area contributed by atoms with Crippen LogP contribution in [0.4, 0.5) is 5.69 Å². The van der Waals surface area contributed by atoms with E-state index in [1.165, 1.54) is 24.3 Å². The van der Waals surface area contributed by atoms with Crippen molar-refractivity contribution in [1.29, 1.82) is 0 Å². The van der Waals surface area contributed by atoms with Gasteiger partial charge < -0.3 is 16.0 Å². The SMILES string of the molecule is Cc1ccc(S(=O)(=O)NNC(=O)c2ccccc2NC(=S)NC(NC(=O)c2ccc(Br)cc2)C(Cl)(Cl)Cl)cc1. The fourth-order valence-electron chi connectivity index (χ4n) is 3.05. The normalized spacial score (nSPS) is 12.2. The second kappa shape index (κ2) is 13.3. The van der Waals surface area contributed by atoms with Gasteiger partial charge in [-0.05, 0) is 67.7 Å². The first-order valence-corrected chi connectivity index (χ1v) is 14.8. The topological polar surface area (TPSA) is 128 Å². The van der Waals surface area contributed by atoms with Crippen LogP contribution in [0.1, 0.15) is 26.3 Å². The molecular weight excluding hydrogens is 673 g/mol. The summed E-state index contributed by atoms with van der Waals surface area (Å²) < 4.78 is 23.8. The lowest BCUT2D eigenvalue weighted by atomic mass is 10.1. The summed E-state index contributed by atoms with van der Waals surface area (Å²) in [5.41, 5.74) is 3.64. The Morgan fingerprint density at radius 2 is 1.51 bits per heavy atom. The number of hydrogen-bond acceptors (Lipinski definition) is 5. The van der Waals surface area contributed by atoms with Crippen LogP contribution in [0.25, 0.3) is 0 Å². The van der Waals surface area contributed by atoms with Crippen molar-refractivity contribution in [3.8, 4) is 0 Å². The van der Waals surface area contributed by atoms with E-state index in [0.29, 0.717) is 5.56 Å². The van der Waals surface area contributed by atoms with Crippen LogP contribution in [0.15, 0.2) is 82.2 Å². The van der Waals surface area contributed by atoms with Crippen molar-refractivity contribution >= 4 is 95.6 Å². The molecule has 0 radical (unpaired) electrons. The number of sulfonamides is 1. The summed E-state index contributed by atoms with van der Waals surface area (Å²) in [6.07, 6.45) is -1.26. The second-order valence-corrected chi connectivity index (χ2v) is 13.3. The highest BCUT2D eigenvalue weighted by atomic mass is 79.9. The minimum Gasteiger partial charge on any atom is -0.339 e. The molecule has 3 aromatic carbocycles. The van der Waals surface area contributed by atoms with Crippen molar-refractivity contribution in [3.63, 3.8) is 0 Å². The summed E-state index contributed by atoms with van der Waals surface area (Å²) in [7, 11) is -4.01. The Morgan fingerprint density at radius 3 is 2.13 bits per heavy atom. The first-order chi connectivity index (χ1) is 18.3. The average molecular weight is 694 g/mol. The van der Waals surface area contributed by atoms with Gasteiger partial charge in [0.05, 0.1) is 16.1 Å². The predicted molar refractivity (Wildman–Crippen MR) is 160 cm³/mol. The molecule has 1 unspecified atom stereocenters. The smallest absolute Gasteiger partial charge is 0.268 e. The molecule has 0 aliphatic carbocycles. The molecule has 5 N–H and O–H groups in total. The first-order valence-electron chi connectivity index (χ1n) is 10.9. The highest BCUT2D eigenvalue weighted by Crippen LogP contribution is 2.29. The maximum absolute atomic E-state index is 12.8. The molecule has 0 heterocycles. The van der Waals surface area contributed by atoms with Gasteiger partial charge in [0.15, 0.2) is 5.11 Å². The molecule has 0 saturated carbocycles. The minimum absolute atomic E-state index is 0.0203. The molecule has 0 saturated heterocycles. The molecule has 3 rings (SSSR count). The number of hydrazine groups is 1. The fraction of sp³-hybridized carbons (Fsp3) is 0.125. The number of hydrogen-bond donors (Lipinski definition) is 5. The van der Waals surface area contributed by atoms with Crippen molar-refractivity contribution in [2.75, 3.05) is 5.32 Å².